The highest BCUT2D eigenvalue weighted by atomic mass is 32.2. The highest BCUT2D eigenvalue weighted by molar-refractivity contribution is 7.89. The maximum absolute atomic E-state index is 13.7. The molecular formula is C13H18FN3O3S. The third-order valence-electron chi connectivity index (χ3n) is 3.01. The van der Waals surface area contributed by atoms with Crippen LogP contribution in [0.5, 0.6) is 0 Å². The van der Waals surface area contributed by atoms with Crippen molar-refractivity contribution in [1.82, 2.24) is 4.31 Å². The summed E-state index contributed by atoms with van der Waals surface area (Å²) in [4.78, 5) is -0.225. The van der Waals surface area contributed by atoms with Crippen LogP contribution in [-0.4, -0.2) is 39.5 Å². The number of sulfonamides is 1. The van der Waals surface area contributed by atoms with Crippen LogP contribution in [0.25, 0.3) is 0 Å². The van der Waals surface area contributed by atoms with E-state index in [-0.39, 0.29) is 42.3 Å². The van der Waals surface area contributed by atoms with Crippen molar-refractivity contribution in [2.75, 3.05) is 32.5 Å². The molecule has 116 valence electrons. The number of nitrogens with zero attached hydrogens (tertiary/aromatic N) is 2. The van der Waals surface area contributed by atoms with Crippen LogP contribution in [-0.2, 0) is 14.8 Å². The van der Waals surface area contributed by atoms with Gasteiger partial charge in [0, 0.05) is 37.9 Å². The Kier molecular flexibility index (Phi) is 6.08. The number of rotatable bonds is 7. The molecule has 0 amide bonds. The van der Waals surface area contributed by atoms with Crippen LogP contribution in [0.1, 0.15) is 12.0 Å². The zero-order valence-corrected chi connectivity index (χ0v) is 12.8. The lowest BCUT2D eigenvalue weighted by molar-refractivity contribution is 0.179. The molecular weight excluding hydrogens is 297 g/mol. The second-order valence-electron chi connectivity index (χ2n) is 4.42. The first-order valence-electron chi connectivity index (χ1n) is 6.26. The molecule has 0 fully saturated rings. The van der Waals surface area contributed by atoms with Crippen LogP contribution in [0.4, 0.5) is 10.1 Å². The summed E-state index contributed by atoms with van der Waals surface area (Å²) in [7, 11) is -2.48. The Bertz CT molecular complexity index is 618. The largest absolute Gasteiger partial charge is 0.398 e. The number of benzene rings is 1. The summed E-state index contributed by atoms with van der Waals surface area (Å²) in [5, 5.41) is 8.62. The quantitative estimate of drug-likeness (QED) is 0.764. The van der Waals surface area contributed by atoms with Gasteiger partial charge >= 0.3 is 0 Å². The van der Waals surface area contributed by atoms with Crippen molar-refractivity contribution in [2.45, 2.75) is 18.2 Å². The average Bonchev–Trinajstić information content (AvgIpc) is 2.44. The van der Waals surface area contributed by atoms with Gasteiger partial charge < -0.3 is 10.5 Å². The Balaban J connectivity index is 3.18. The number of anilines is 1. The molecule has 8 heteroatoms. The van der Waals surface area contributed by atoms with Gasteiger partial charge in [0.25, 0.3) is 0 Å². The number of ether oxygens (including phenoxy) is 1. The molecule has 0 saturated heterocycles. The standard InChI is InChI=1S/C13H18FN3O3S/c1-10-12(14)8-11(9-13(10)16)21(18,19)17(5-3-4-15)6-7-20-2/h8-9H,3,5-7,16H2,1-2H3. The zero-order valence-electron chi connectivity index (χ0n) is 12.0. The predicted molar refractivity (Wildman–Crippen MR) is 76.4 cm³/mol. The van der Waals surface area contributed by atoms with E-state index in [1.165, 1.54) is 20.1 Å². The fourth-order valence-corrected chi connectivity index (χ4v) is 3.17. The third-order valence-corrected chi connectivity index (χ3v) is 4.89. The van der Waals surface area contributed by atoms with E-state index in [4.69, 9.17) is 15.7 Å². The summed E-state index contributed by atoms with van der Waals surface area (Å²) in [6.07, 6.45) is 0.0345. The summed E-state index contributed by atoms with van der Waals surface area (Å²) in [6, 6.07) is 4.04. The van der Waals surface area contributed by atoms with Crippen LogP contribution in [0.2, 0.25) is 0 Å². The minimum Gasteiger partial charge on any atom is -0.398 e. The highest BCUT2D eigenvalue weighted by Crippen LogP contribution is 2.23. The average molecular weight is 315 g/mol. The summed E-state index contributed by atoms with van der Waals surface area (Å²) >= 11 is 0. The van der Waals surface area contributed by atoms with Crippen molar-refractivity contribution >= 4 is 15.7 Å². The van der Waals surface area contributed by atoms with Gasteiger partial charge in [-0.3, -0.25) is 0 Å². The number of nitriles is 1. The Labute approximate surface area is 124 Å². The molecule has 0 radical (unpaired) electrons. The molecule has 0 bridgehead atoms. The molecule has 21 heavy (non-hydrogen) atoms. The first kappa shape index (κ1) is 17.4. The summed E-state index contributed by atoms with van der Waals surface area (Å²) in [5.41, 5.74) is 5.89. The first-order chi connectivity index (χ1) is 9.84. The SMILES string of the molecule is COCCN(CCC#N)S(=O)(=O)c1cc(N)c(C)c(F)c1. The second kappa shape index (κ2) is 7.36. The lowest BCUT2D eigenvalue weighted by Gasteiger charge is -2.21. The van der Waals surface area contributed by atoms with E-state index < -0.39 is 15.8 Å². The molecule has 0 spiro atoms. The molecule has 1 aromatic carbocycles. The van der Waals surface area contributed by atoms with E-state index >= 15 is 0 Å². The van der Waals surface area contributed by atoms with Crippen molar-refractivity contribution in [3.63, 3.8) is 0 Å². The number of methoxy groups -OCH3 is 1. The number of nitrogens with two attached hydrogens (primary N) is 1. The predicted octanol–water partition coefficient (Wildman–Crippen LogP) is 1.27. The lowest BCUT2D eigenvalue weighted by atomic mass is 10.2. The molecule has 6 nitrogen and oxygen atoms in total. The topological polar surface area (TPSA) is 96.4 Å². The Morgan fingerprint density at radius 2 is 2.10 bits per heavy atom. The normalized spacial score (nSPS) is 11.6. The van der Waals surface area contributed by atoms with Gasteiger partial charge in [-0.2, -0.15) is 9.57 Å². The number of nitrogen functional groups attached to an aromatic ring is 1. The van der Waals surface area contributed by atoms with Crippen LogP contribution in [0.15, 0.2) is 17.0 Å². The van der Waals surface area contributed by atoms with Crippen molar-refractivity contribution in [3.05, 3.63) is 23.5 Å². The molecule has 2 N–H and O–H groups in total. The van der Waals surface area contributed by atoms with Gasteiger partial charge in [-0.15, -0.1) is 0 Å². The molecule has 1 aromatic rings. The molecule has 0 aliphatic carbocycles. The van der Waals surface area contributed by atoms with Crippen molar-refractivity contribution in [2.24, 2.45) is 0 Å². The minimum absolute atomic E-state index is 0.0115. The second-order valence-corrected chi connectivity index (χ2v) is 6.36. The van der Waals surface area contributed by atoms with E-state index in [1.807, 2.05) is 6.07 Å². The van der Waals surface area contributed by atoms with Crippen molar-refractivity contribution in [1.29, 1.82) is 5.26 Å². The van der Waals surface area contributed by atoms with Crippen LogP contribution >= 0.6 is 0 Å². The monoisotopic (exact) mass is 315 g/mol. The number of hydrogen-bond donors (Lipinski definition) is 1. The Hall–Kier alpha value is -1.69. The Morgan fingerprint density at radius 1 is 1.43 bits per heavy atom. The van der Waals surface area contributed by atoms with Gasteiger partial charge in [-0.25, -0.2) is 12.8 Å². The molecule has 0 saturated carbocycles. The molecule has 0 aliphatic heterocycles. The molecule has 1 rings (SSSR count). The summed E-state index contributed by atoms with van der Waals surface area (Å²) in [6.45, 7) is 1.74. The molecule has 0 aliphatic rings. The zero-order chi connectivity index (χ0) is 16.0. The van der Waals surface area contributed by atoms with Crippen LogP contribution < -0.4 is 5.73 Å². The molecule has 0 atom stereocenters. The third kappa shape index (κ3) is 4.14. The van der Waals surface area contributed by atoms with Gasteiger partial charge in [0.15, 0.2) is 0 Å². The van der Waals surface area contributed by atoms with E-state index in [1.54, 1.807) is 0 Å². The number of halogens is 1. The molecule has 0 heterocycles. The summed E-state index contributed by atoms with van der Waals surface area (Å²) < 4.78 is 44.6. The maximum Gasteiger partial charge on any atom is 0.243 e. The smallest absolute Gasteiger partial charge is 0.243 e. The minimum atomic E-state index is -3.93. The van der Waals surface area contributed by atoms with Crippen LogP contribution in [0, 0.1) is 24.1 Å². The van der Waals surface area contributed by atoms with Gasteiger partial charge in [0.1, 0.15) is 5.82 Å². The van der Waals surface area contributed by atoms with Gasteiger partial charge in [0.2, 0.25) is 10.0 Å². The van der Waals surface area contributed by atoms with Gasteiger partial charge in [0.05, 0.1) is 17.6 Å². The van der Waals surface area contributed by atoms with Crippen molar-refractivity contribution in [3.8, 4) is 6.07 Å². The molecule has 0 aromatic heterocycles. The Morgan fingerprint density at radius 3 is 2.62 bits per heavy atom. The van der Waals surface area contributed by atoms with E-state index in [9.17, 15) is 12.8 Å². The van der Waals surface area contributed by atoms with E-state index in [0.717, 1.165) is 10.4 Å². The molecule has 0 unspecified atom stereocenters. The van der Waals surface area contributed by atoms with E-state index in [2.05, 4.69) is 0 Å². The van der Waals surface area contributed by atoms with Gasteiger partial charge in [-0.05, 0) is 19.1 Å². The van der Waals surface area contributed by atoms with Crippen molar-refractivity contribution < 1.29 is 17.5 Å². The first-order valence-corrected chi connectivity index (χ1v) is 7.70. The van der Waals surface area contributed by atoms with Gasteiger partial charge in [-0.1, -0.05) is 0 Å². The highest BCUT2D eigenvalue weighted by Gasteiger charge is 2.25. The lowest BCUT2D eigenvalue weighted by Crippen LogP contribution is -2.34. The summed E-state index contributed by atoms with van der Waals surface area (Å²) in [5.74, 6) is -0.680. The fourth-order valence-electron chi connectivity index (χ4n) is 1.69. The van der Waals surface area contributed by atoms with Crippen LogP contribution in [0.3, 0.4) is 0 Å². The van der Waals surface area contributed by atoms with E-state index in [0.29, 0.717) is 0 Å². The maximum atomic E-state index is 13.7. The number of hydrogen-bond acceptors (Lipinski definition) is 5. The fraction of sp³-hybridized carbons (Fsp3) is 0.462.